The van der Waals surface area contributed by atoms with E-state index < -0.39 is 6.09 Å². The number of nitrogens with one attached hydrogen (secondary N) is 2. The number of rotatable bonds is 5. The Bertz CT molecular complexity index is 586. The maximum atomic E-state index is 11.3. The van der Waals surface area contributed by atoms with Crippen LogP contribution < -0.4 is 10.6 Å². The van der Waals surface area contributed by atoms with Crippen molar-refractivity contribution in [2.24, 2.45) is 0 Å². The largest absolute Gasteiger partial charge is 0.450 e. The number of carbonyl (C=O) groups excluding carboxylic acids is 1. The van der Waals surface area contributed by atoms with Crippen molar-refractivity contribution in [1.29, 1.82) is 0 Å². The average Bonchev–Trinajstić information content (AvgIpc) is 2.78. The standard InChI is InChI=1S/C15H19N3O3/c1-4-20-15(19)17-13-7-5-12(6-8-13)16-9-14-10(2)18-21-11(14)3/h5-8,16H,4,9H2,1-3H3,(H,17,19). The number of aromatic nitrogens is 1. The van der Waals surface area contributed by atoms with Crippen molar-refractivity contribution in [3.05, 3.63) is 41.3 Å². The minimum Gasteiger partial charge on any atom is -0.450 e. The molecular formula is C15H19N3O3. The van der Waals surface area contributed by atoms with Crippen LogP contribution in [0.1, 0.15) is 23.9 Å². The first-order chi connectivity index (χ1) is 10.1. The normalized spacial score (nSPS) is 10.2. The molecule has 0 bridgehead atoms. The number of hydrogen-bond donors (Lipinski definition) is 2. The molecule has 0 aliphatic carbocycles. The molecule has 0 saturated heterocycles. The van der Waals surface area contributed by atoms with E-state index in [0.717, 1.165) is 22.7 Å². The van der Waals surface area contributed by atoms with Crippen LogP contribution in [0.15, 0.2) is 28.8 Å². The van der Waals surface area contributed by atoms with Crippen LogP contribution in [-0.4, -0.2) is 17.9 Å². The Kier molecular flexibility index (Phi) is 4.81. The Morgan fingerprint density at radius 3 is 2.48 bits per heavy atom. The van der Waals surface area contributed by atoms with Gasteiger partial charge in [0, 0.05) is 23.5 Å². The van der Waals surface area contributed by atoms with Crippen molar-refractivity contribution in [1.82, 2.24) is 5.16 Å². The molecule has 2 aromatic rings. The van der Waals surface area contributed by atoms with Gasteiger partial charge in [-0.1, -0.05) is 5.16 Å². The molecule has 1 heterocycles. The van der Waals surface area contributed by atoms with Gasteiger partial charge < -0.3 is 14.6 Å². The fourth-order valence-electron chi connectivity index (χ4n) is 1.90. The first kappa shape index (κ1) is 14.9. The number of nitrogens with zero attached hydrogens (tertiary/aromatic N) is 1. The van der Waals surface area contributed by atoms with Gasteiger partial charge in [0.25, 0.3) is 0 Å². The summed E-state index contributed by atoms with van der Waals surface area (Å²) in [5.74, 6) is 0.820. The molecule has 112 valence electrons. The summed E-state index contributed by atoms with van der Waals surface area (Å²) in [4.78, 5) is 11.3. The zero-order valence-electron chi connectivity index (χ0n) is 12.4. The second-order valence-corrected chi connectivity index (χ2v) is 4.58. The highest BCUT2D eigenvalue weighted by Crippen LogP contribution is 2.17. The Morgan fingerprint density at radius 1 is 1.24 bits per heavy atom. The quantitative estimate of drug-likeness (QED) is 0.881. The highest BCUT2D eigenvalue weighted by molar-refractivity contribution is 5.84. The number of benzene rings is 1. The molecule has 1 aromatic heterocycles. The van der Waals surface area contributed by atoms with E-state index >= 15 is 0 Å². The molecule has 0 radical (unpaired) electrons. The van der Waals surface area contributed by atoms with Crippen molar-refractivity contribution in [3.63, 3.8) is 0 Å². The number of aryl methyl sites for hydroxylation is 2. The zero-order valence-corrected chi connectivity index (χ0v) is 12.4. The number of carbonyl (C=O) groups is 1. The van der Waals surface area contributed by atoms with E-state index in [4.69, 9.17) is 9.26 Å². The monoisotopic (exact) mass is 289 g/mol. The molecule has 0 saturated carbocycles. The number of amides is 1. The van der Waals surface area contributed by atoms with Gasteiger partial charge >= 0.3 is 6.09 Å². The van der Waals surface area contributed by atoms with E-state index in [1.165, 1.54) is 0 Å². The van der Waals surface area contributed by atoms with Gasteiger partial charge in [-0.2, -0.15) is 0 Å². The first-order valence-electron chi connectivity index (χ1n) is 6.79. The van der Waals surface area contributed by atoms with E-state index in [0.29, 0.717) is 18.8 Å². The molecule has 0 aliphatic rings. The minimum atomic E-state index is -0.450. The summed E-state index contributed by atoms with van der Waals surface area (Å²) in [5.41, 5.74) is 3.59. The fraction of sp³-hybridized carbons (Fsp3) is 0.333. The average molecular weight is 289 g/mol. The molecule has 0 unspecified atom stereocenters. The van der Waals surface area contributed by atoms with Crippen LogP contribution >= 0.6 is 0 Å². The molecule has 1 aromatic carbocycles. The van der Waals surface area contributed by atoms with Crippen LogP contribution in [0.3, 0.4) is 0 Å². The summed E-state index contributed by atoms with van der Waals surface area (Å²) >= 11 is 0. The second kappa shape index (κ2) is 6.78. The SMILES string of the molecule is CCOC(=O)Nc1ccc(NCc2c(C)noc2C)cc1. The second-order valence-electron chi connectivity index (χ2n) is 4.58. The molecule has 0 atom stereocenters. The number of hydrogen-bond acceptors (Lipinski definition) is 5. The topological polar surface area (TPSA) is 76.4 Å². The summed E-state index contributed by atoms with van der Waals surface area (Å²) in [7, 11) is 0. The lowest BCUT2D eigenvalue weighted by Crippen LogP contribution is -2.13. The van der Waals surface area contributed by atoms with Crippen molar-refractivity contribution in [2.45, 2.75) is 27.3 Å². The van der Waals surface area contributed by atoms with Gasteiger partial charge in [0.15, 0.2) is 0 Å². The molecule has 0 fully saturated rings. The van der Waals surface area contributed by atoms with E-state index in [-0.39, 0.29) is 0 Å². The Morgan fingerprint density at radius 2 is 1.90 bits per heavy atom. The van der Waals surface area contributed by atoms with Gasteiger partial charge in [-0.25, -0.2) is 4.79 Å². The van der Waals surface area contributed by atoms with Gasteiger partial charge in [0.2, 0.25) is 0 Å². The Labute approximate surface area is 123 Å². The predicted octanol–water partition coefficient (Wildman–Crippen LogP) is 3.47. The highest BCUT2D eigenvalue weighted by atomic mass is 16.5. The van der Waals surface area contributed by atoms with Crippen molar-refractivity contribution < 1.29 is 14.1 Å². The maximum absolute atomic E-state index is 11.3. The summed E-state index contributed by atoms with van der Waals surface area (Å²) in [5, 5.41) is 9.85. The van der Waals surface area contributed by atoms with Crippen LogP contribution in [0.5, 0.6) is 0 Å². The van der Waals surface area contributed by atoms with Gasteiger partial charge in [-0.05, 0) is 45.0 Å². The molecule has 21 heavy (non-hydrogen) atoms. The molecule has 6 heteroatoms. The van der Waals surface area contributed by atoms with E-state index in [1.54, 1.807) is 6.92 Å². The highest BCUT2D eigenvalue weighted by Gasteiger charge is 2.08. The summed E-state index contributed by atoms with van der Waals surface area (Å²) < 4.78 is 9.93. The van der Waals surface area contributed by atoms with Crippen LogP contribution in [0.2, 0.25) is 0 Å². The zero-order chi connectivity index (χ0) is 15.2. The molecule has 1 amide bonds. The third-order valence-electron chi connectivity index (χ3n) is 3.06. The van der Waals surface area contributed by atoms with Crippen LogP contribution in [-0.2, 0) is 11.3 Å². The Balaban J connectivity index is 1.92. The lowest BCUT2D eigenvalue weighted by molar-refractivity contribution is 0.168. The fourth-order valence-corrected chi connectivity index (χ4v) is 1.90. The molecule has 0 aliphatic heterocycles. The van der Waals surface area contributed by atoms with Crippen LogP contribution in [0.25, 0.3) is 0 Å². The van der Waals surface area contributed by atoms with Crippen LogP contribution in [0.4, 0.5) is 16.2 Å². The third-order valence-corrected chi connectivity index (χ3v) is 3.06. The number of ether oxygens (including phenoxy) is 1. The van der Waals surface area contributed by atoms with Crippen molar-refractivity contribution in [3.8, 4) is 0 Å². The molecule has 6 nitrogen and oxygen atoms in total. The Hall–Kier alpha value is -2.50. The molecule has 0 spiro atoms. The van der Waals surface area contributed by atoms with Crippen molar-refractivity contribution >= 4 is 17.5 Å². The van der Waals surface area contributed by atoms with Gasteiger partial charge in [0.1, 0.15) is 5.76 Å². The predicted molar refractivity (Wildman–Crippen MR) is 80.4 cm³/mol. The first-order valence-corrected chi connectivity index (χ1v) is 6.79. The van der Waals surface area contributed by atoms with Gasteiger partial charge in [-0.3, -0.25) is 5.32 Å². The number of anilines is 2. The lowest BCUT2D eigenvalue weighted by atomic mass is 10.2. The van der Waals surface area contributed by atoms with Gasteiger partial charge in [0.05, 0.1) is 12.3 Å². The van der Waals surface area contributed by atoms with Gasteiger partial charge in [-0.15, -0.1) is 0 Å². The summed E-state index contributed by atoms with van der Waals surface area (Å²) in [6, 6.07) is 7.40. The summed E-state index contributed by atoms with van der Waals surface area (Å²) in [6.45, 7) is 6.57. The van der Waals surface area contributed by atoms with E-state index in [9.17, 15) is 4.79 Å². The molecule has 2 rings (SSSR count). The van der Waals surface area contributed by atoms with Crippen LogP contribution in [0, 0.1) is 13.8 Å². The summed E-state index contributed by atoms with van der Waals surface area (Å²) in [6.07, 6.45) is -0.450. The minimum absolute atomic E-state index is 0.350. The lowest BCUT2D eigenvalue weighted by Gasteiger charge is -2.08. The van der Waals surface area contributed by atoms with E-state index in [2.05, 4.69) is 15.8 Å². The third kappa shape index (κ3) is 3.98. The smallest absolute Gasteiger partial charge is 0.411 e. The maximum Gasteiger partial charge on any atom is 0.411 e. The molecular weight excluding hydrogens is 270 g/mol. The van der Waals surface area contributed by atoms with Crippen molar-refractivity contribution in [2.75, 3.05) is 17.2 Å². The van der Waals surface area contributed by atoms with E-state index in [1.807, 2.05) is 38.1 Å². The molecule has 2 N–H and O–H groups in total.